The molecule has 1 N–H and O–H groups in total. The molecule has 0 spiro atoms. The third-order valence-corrected chi connectivity index (χ3v) is 22.5. The molecular formula is C39H54F3IrN2O2SSi2-. The van der Waals surface area contributed by atoms with Crippen molar-refractivity contribution in [2.75, 3.05) is 0 Å². The second-order valence-corrected chi connectivity index (χ2v) is 26.8. The summed E-state index contributed by atoms with van der Waals surface area (Å²) in [5.74, 6) is 0. The molecular weight excluding hydrogens is 866 g/mol. The smallest absolute Gasteiger partial charge is 0.389 e. The molecule has 50 heavy (non-hydrogen) atoms. The van der Waals surface area contributed by atoms with Crippen molar-refractivity contribution in [1.82, 2.24) is 9.97 Å². The minimum absolute atomic E-state index is 0. The summed E-state index contributed by atoms with van der Waals surface area (Å²) in [6.07, 6.45) is -1.95. The van der Waals surface area contributed by atoms with E-state index >= 15 is 0 Å². The Morgan fingerprint density at radius 3 is 2.12 bits per heavy atom. The van der Waals surface area contributed by atoms with Crippen molar-refractivity contribution in [3.05, 3.63) is 70.2 Å². The maximum atomic E-state index is 12.7. The molecule has 0 fully saturated rings. The van der Waals surface area contributed by atoms with Gasteiger partial charge in [-0.05, 0) is 35.4 Å². The number of halogens is 3. The SMILES string of the molecule is CC[Si](C)(CC)C(=O)/C=C(\O)[Si](C)(C(C)C)C(C)C.Cc1c(CCC(F)(F)F)sc2c(-c3[c-]c4ccccc4c(C(C)(C)C)c3)ncnc12.[Ir]. The fraction of sp³-hybridized carbons (Fsp3) is 0.513. The van der Waals surface area contributed by atoms with Crippen LogP contribution in [0, 0.1) is 13.0 Å². The van der Waals surface area contributed by atoms with E-state index in [1.165, 1.54) is 23.2 Å². The second-order valence-electron chi connectivity index (χ2n) is 15.3. The molecule has 4 nitrogen and oxygen atoms in total. The van der Waals surface area contributed by atoms with Crippen molar-refractivity contribution in [2.24, 2.45) is 0 Å². The van der Waals surface area contributed by atoms with Gasteiger partial charge in [-0.15, -0.1) is 40.5 Å². The van der Waals surface area contributed by atoms with Crippen molar-refractivity contribution in [3.8, 4) is 11.3 Å². The molecule has 0 saturated carbocycles. The number of carbonyl (C=O) groups is 1. The Morgan fingerprint density at radius 2 is 1.60 bits per heavy atom. The number of aliphatic hydroxyl groups excluding tert-OH is 1. The topological polar surface area (TPSA) is 63.1 Å². The zero-order valence-corrected chi connectivity index (χ0v) is 36.9. The van der Waals surface area contributed by atoms with Crippen molar-refractivity contribution < 1.29 is 43.2 Å². The Morgan fingerprint density at radius 1 is 1.02 bits per heavy atom. The summed E-state index contributed by atoms with van der Waals surface area (Å²) < 4.78 is 39.1. The quantitative estimate of drug-likeness (QED) is 0.0745. The van der Waals surface area contributed by atoms with Gasteiger partial charge in [0.1, 0.15) is 27.9 Å². The minimum atomic E-state index is -4.18. The number of nitrogens with zero attached hydrogens (tertiary/aromatic N) is 2. The standard InChI is InChI=1S/C24H22F3N2S.C15H32O2Si2.Ir/c1-14-19(9-10-24(25,26)27)30-22-20(14)28-13-29-21(22)16-11-15-7-5-6-8-17(15)18(12-16)23(2,3)4;1-9-18(7,10-2)14(16)11-15(17)19(8,12(3)4)13(5)6;/h5-8,12-13H,9-10H2,1-4H3;11-13,17H,9-10H2,1-8H3;/q-1;;/b;15-11+;. The summed E-state index contributed by atoms with van der Waals surface area (Å²) in [4.78, 5) is 22.1. The first kappa shape index (κ1) is 44.0. The molecule has 0 aliphatic heterocycles. The van der Waals surface area contributed by atoms with E-state index in [2.05, 4.69) is 104 Å². The molecule has 0 saturated heterocycles. The summed E-state index contributed by atoms with van der Waals surface area (Å²) in [6.45, 7) is 25.5. The Balaban J connectivity index is 0.000000379. The van der Waals surface area contributed by atoms with E-state index < -0.39 is 28.7 Å². The molecule has 2 heterocycles. The van der Waals surface area contributed by atoms with Crippen LogP contribution in [0.3, 0.4) is 0 Å². The van der Waals surface area contributed by atoms with Gasteiger partial charge in [-0.3, -0.25) is 4.98 Å². The van der Waals surface area contributed by atoms with Crippen LogP contribution in [0.25, 0.3) is 32.2 Å². The number of fused-ring (bicyclic) bond motifs is 2. The molecule has 0 aliphatic carbocycles. The van der Waals surface area contributed by atoms with Gasteiger partial charge in [0.15, 0.2) is 0 Å². The number of benzene rings is 2. The van der Waals surface area contributed by atoms with Gasteiger partial charge in [-0.1, -0.05) is 117 Å². The first-order chi connectivity index (χ1) is 22.6. The Hall–Kier alpha value is -2.18. The number of thiophene rings is 1. The molecule has 0 atom stereocenters. The van der Waals surface area contributed by atoms with Crippen molar-refractivity contribution >= 4 is 53.9 Å². The molecule has 1 radical (unpaired) electrons. The summed E-state index contributed by atoms with van der Waals surface area (Å²) >= 11 is 1.36. The van der Waals surface area contributed by atoms with E-state index in [9.17, 15) is 23.1 Å². The molecule has 4 aromatic rings. The van der Waals surface area contributed by atoms with Gasteiger partial charge in [-0.25, -0.2) is 4.98 Å². The first-order valence-corrected chi connectivity index (χ1v) is 23.7. The van der Waals surface area contributed by atoms with Gasteiger partial charge in [0, 0.05) is 47.9 Å². The van der Waals surface area contributed by atoms with Crippen molar-refractivity contribution in [1.29, 1.82) is 0 Å². The summed E-state index contributed by atoms with van der Waals surface area (Å²) in [5, 5.41) is 13.3. The third-order valence-electron chi connectivity index (χ3n) is 10.7. The maximum Gasteiger partial charge on any atom is 0.389 e. The number of allylic oxidation sites excluding steroid dienone is 1. The first-order valence-electron chi connectivity index (χ1n) is 17.3. The van der Waals surface area contributed by atoms with Crippen LogP contribution >= 0.6 is 11.3 Å². The molecule has 11 heteroatoms. The fourth-order valence-electron chi connectivity index (χ4n) is 6.04. The predicted octanol–water partition coefficient (Wildman–Crippen LogP) is 12.5. The number of alkyl halides is 3. The summed E-state index contributed by atoms with van der Waals surface area (Å²) in [5.41, 5.74) is 5.07. The van der Waals surface area contributed by atoms with E-state index in [0.29, 0.717) is 21.3 Å². The van der Waals surface area contributed by atoms with Crippen LogP contribution in [-0.2, 0) is 36.7 Å². The van der Waals surface area contributed by atoms with Crippen LogP contribution in [0.5, 0.6) is 0 Å². The van der Waals surface area contributed by atoms with Gasteiger partial charge in [0.2, 0.25) is 0 Å². The number of aryl methyl sites for hydroxylation is 2. The van der Waals surface area contributed by atoms with Crippen molar-refractivity contribution in [2.45, 2.75) is 130 Å². The Kier molecular flexibility index (Phi) is 15.0. The summed E-state index contributed by atoms with van der Waals surface area (Å²) in [7, 11) is -3.82. The number of hydrogen-bond donors (Lipinski definition) is 1. The Bertz CT molecular complexity index is 1800. The van der Waals surface area contributed by atoms with Crippen LogP contribution in [0.4, 0.5) is 13.2 Å². The van der Waals surface area contributed by atoms with E-state index in [4.69, 9.17) is 0 Å². The van der Waals surface area contributed by atoms with Gasteiger partial charge in [0.25, 0.3) is 0 Å². The third kappa shape index (κ3) is 9.82. The Labute approximate surface area is 316 Å². The van der Waals surface area contributed by atoms with Crippen LogP contribution in [0.1, 0.15) is 84.7 Å². The van der Waals surface area contributed by atoms with Crippen LogP contribution in [0.2, 0.25) is 36.3 Å². The zero-order chi connectivity index (χ0) is 37.1. The number of rotatable bonds is 10. The van der Waals surface area contributed by atoms with Gasteiger partial charge < -0.3 is 9.90 Å². The van der Waals surface area contributed by atoms with Crippen LogP contribution < -0.4 is 0 Å². The average Bonchev–Trinajstić information content (AvgIpc) is 3.36. The number of aliphatic hydroxyl groups is 1. The predicted molar refractivity (Wildman–Crippen MR) is 207 cm³/mol. The van der Waals surface area contributed by atoms with E-state index in [1.54, 1.807) is 6.08 Å². The average molecular weight is 920 g/mol. The number of hydrogen-bond acceptors (Lipinski definition) is 5. The van der Waals surface area contributed by atoms with E-state index in [-0.39, 0.29) is 37.3 Å². The monoisotopic (exact) mass is 920 g/mol. The van der Waals surface area contributed by atoms with E-state index in [1.807, 2.05) is 25.1 Å². The van der Waals surface area contributed by atoms with Gasteiger partial charge in [0.05, 0.1) is 10.9 Å². The zero-order valence-electron chi connectivity index (χ0n) is 31.6. The van der Waals surface area contributed by atoms with Gasteiger partial charge >= 0.3 is 6.18 Å². The minimum Gasteiger partial charge on any atom is -0.517 e. The van der Waals surface area contributed by atoms with Crippen molar-refractivity contribution in [3.63, 3.8) is 0 Å². The largest absolute Gasteiger partial charge is 0.517 e. The molecule has 4 rings (SSSR count). The van der Waals surface area contributed by atoms with Gasteiger partial charge in [-0.2, -0.15) is 13.2 Å². The number of carbonyl (C=O) groups excluding carboxylic acids is 1. The number of aromatic nitrogens is 2. The molecule has 0 bridgehead atoms. The molecule has 0 aliphatic rings. The molecule has 2 aromatic carbocycles. The fourth-order valence-corrected chi connectivity index (χ4v) is 12.1. The molecule has 2 aromatic heterocycles. The second kappa shape index (κ2) is 17.1. The maximum absolute atomic E-state index is 12.7. The molecule has 0 unspecified atom stereocenters. The van der Waals surface area contributed by atoms with E-state index in [0.717, 1.165) is 49.9 Å². The van der Waals surface area contributed by atoms with Crippen LogP contribution in [-0.4, -0.2) is 42.8 Å². The normalized spacial score (nSPS) is 13.1. The van der Waals surface area contributed by atoms with Crippen LogP contribution in [0.15, 0.2) is 48.1 Å². The molecule has 277 valence electrons. The summed E-state index contributed by atoms with van der Waals surface area (Å²) in [6, 6.07) is 15.6. The molecule has 0 amide bonds.